The Morgan fingerprint density at radius 1 is 1.19 bits per heavy atom. The fraction of sp³-hybridized carbons (Fsp3) is 0.118. The van der Waals surface area contributed by atoms with Crippen molar-refractivity contribution in [1.29, 1.82) is 0 Å². The third-order valence-corrected chi connectivity index (χ3v) is 2.70. The van der Waals surface area contributed by atoms with Crippen LogP contribution >= 0.6 is 0 Å². The molecule has 0 heterocycles. The van der Waals surface area contributed by atoms with E-state index in [1.54, 1.807) is 30.3 Å². The molecule has 4 heteroatoms. The zero-order chi connectivity index (χ0) is 15.1. The Labute approximate surface area is 122 Å². The molecule has 0 aliphatic carbocycles. The first-order valence-corrected chi connectivity index (χ1v) is 6.46. The number of benzene rings is 2. The lowest BCUT2D eigenvalue weighted by Crippen LogP contribution is -2.11. The number of anilines is 1. The molecule has 1 amide bonds. The Hall–Kier alpha value is -2.64. The highest BCUT2D eigenvalue weighted by molar-refractivity contribution is 6.04. The second kappa shape index (κ2) is 7.22. The molecule has 0 unspecified atom stereocenters. The smallest absolute Gasteiger partial charge is 0.255 e. The highest BCUT2D eigenvalue weighted by Gasteiger charge is 2.06. The number of halogens is 1. The van der Waals surface area contributed by atoms with E-state index < -0.39 is 5.82 Å². The van der Waals surface area contributed by atoms with Crippen molar-refractivity contribution in [2.45, 2.75) is 6.42 Å². The highest BCUT2D eigenvalue weighted by atomic mass is 19.1. The minimum atomic E-state index is -0.447. The Bertz CT molecular complexity index is 684. The third kappa shape index (κ3) is 4.44. The van der Waals surface area contributed by atoms with E-state index in [2.05, 4.69) is 17.2 Å². The molecule has 0 aromatic heterocycles. The summed E-state index contributed by atoms with van der Waals surface area (Å²) in [7, 11) is 0. The van der Waals surface area contributed by atoms with Gasteiger partial charge in [-0.05, 0) is 42.5 Å². The van der Waals surface area contributed by atoms with Gasteiger partial charge in [-0.25, -0.2) is 4.39 Å². The molecular formula is C17H14FNO2. The number of hydrogen-bond acceptors (Lipinski definition) is 2. The zero-order valence-corrected chi connectivity index (χ0v) is 11.3. The molecule has 0 aliphatic heterocycles. The number of aliphatic hydroxyl groups is 1. The summed E-state index contributed by atoms with van der Waals surface area (Å²) in [5.74, 6) is 4.89. The first-order valence-electron chi connectivity index (χ1n) is 6.46. The van der Waals surface area contributed by atoms with Crippen LogP contribution in [-0.4, -0.2) is 17.6 Å². The van der Waals surface area contributed by atoms with E-state index in [1.807, 2.05) is 0 Å². The van der Waals surface area contributed by atoms with E-state index >= 15 is 0 Å². The van der Waals surface area contributed by atoms with Crippen LogP contribution < -0.4 is 5.32 Å². The van der Waals surface area contributed by atoms with Gasteiger partial charge in [0.2, 0.25) is 0 Å². The molecule has 0 bridgehead atoms. The molecule has 106 valence electrons. The summed E-state index contributed by atoms with van der Waals surface area (Å²) in [6.45, 7) is 0.0365. The molecule has 21 heavy (non-hydrogen) atoms. The van der Waals surface area contributed by atoms with Crippen molar-refractivity contribution in [3.63, 3.8) is 0 Å². The maximum Gasteiger partial charge on any atom is 0.255 e. The summed E-state index contributed by atoms with van der Waals surface area (Å²) < 4.78 is 13.1. The minimum absolute atomic E-state index is 0.0365. The normalized spacial score (nSPS) is 9.62. The number of rotatable bonds is 3. The molecule has 2 rings (SSSR count). The summed E-state index contributed by atoms with van der Waals surface area (Å²) in [4.78, 5) is 11.9. The van der Waals surface area contributed by atoms with Crippen molar-refractivity contribution < 1.29 is 14.3 Å². The van der Waals surface area contributed by atoms with Gasteiger partial charge in [0.1, 0.15) is 5.82 Å². The predicted octanol–water partition coefficient (Wildman–Crippen LogP) is 2.81. The van der Waals surface area contributed by atoms with E-state index in [4.69, 9.17) is 5.11 Å². The van der Waals surface area contributed by atoms with Crippen LogP contribution in [0.3, 0.4) is 0 Å². The van der Waals surface area contributed by atoms with E-state index in [9.17, 15) is 9.18 Å². The van der Waals surface area contributed by atoms with E-state index in [-0.39, 0.29) is 18.1 Å². The largest absolute Gasteiger partial charge is 0.395 e. The minimum Gasteiger partial charge on any atom is -0.395 e. The van der Waals surface area contributed by atoms with E-state index in [0.717, 1.165) is 5.56 Å². The van der Waals surface area contributed by atoms with Crippen LogP contribution in [-0.2, 0) is 0 Å². The summed E-state index contributed by atoms with van der Waals surface area (Å²) >= 11 is 0. The summed E-state index contributed by atoms with van der Waals surface area (Å²) in [5.41, 5.74) is 1.67. The van der Waals surface area contributed by atoms with Crippen LogP contribution in [0.15, 0.2) is 48.5 Å². The van der Waals surface area contributed by atoms with Gasteiger partial charge in [-0.2, -0.15) is 0 Å². The standard InChI is InChI=1S/C17H14FNO2/c18-15-6-3-5-14(12-15)17(21)19-16-9-7-13(8-10-16)4-1-2-11-20/h3,5-10,12,20H,2,11H2,(H,19,21). The first kappa shape index (κ1) is 14.8. The molecule has 0 spiro atoms. The molecule has 0 atom stereocenters. The van der Waals surface area contributed by atoms with Crippen LogP contribution in [0.2, 0.25) is 0 Å². The summed E-state index contributed by atoms with van der Waals surface area (Å²) in [5, 5.41) is 11.3. The number of carbonyl (C=O) groups excluding carboxylic acids is 1. The van der Waals surface area contributed by atoms with Crippen molar-refractivity contribution in [1.82, 2.24) is 0 Å². The third-order valence-electron chi connectivity index (χ3n) is 2.70. The van der Waals surface area contributed by atoms with Crippen LogP contribution in [0, 0.1) is 17.7 Å². The maximum absolute atomic E-state index is 13.1. The summed E-state index contributed by atoms with van der Waals surface area (Å²) in [6, 6.07) is 12.5. The fourth-order valence-corrected chi connectivity index (χ4v) is 1.69. The fourth-order valence-electron chi connectivity index (χ4n) is 1.69. The maximum atomic E-state index is 13.1. The number of carbonyl (C=O) groups is 1. The number of amides is 1. The van der Waals surface area contributed by atoms with Crippen LogP contribution in [0.25, 0.3) is 0 Å². The molecule has 0 radical (unpaired) electrons. The molecule has 0 saturated carbocycles. The molecule has 0 aliphatic rings. The van der Waals surface area contributed by atoms with Crippen LogP contribution in [0.1, 0.15) is 22.3 Å². The molecule has 0 fully saturated rings. The number of aliphatic hydroxyl groups excluding tert-OH is 1. The second-order valence-corrected chi connectivity index (χ2v) is 4.32. The topological polar surface area (TPSA) is 49.3 Å². The van der Waals surface area contributed by atoms with Crippen molar-refractivity contribution in [3.05, 3.63) is 65.5 Å². The number of nitrogens with one attached hydrogen (secondary N) is 1. The van der Waals surface area contributed by atoms with Crippen molar-refractivity contribution in [2.75, 3.05) is 11.9 Å². The van der Waals surface area contributed by atoms with Crippen LogP contribution in [0.5, 0.6) is 0 Å². The SMILES string of the molecule is O=C(Nc1ccc(C#CCCO)cc1)c1cccc(F)c1. The van der Waals surface area contributed by atoms with Gasteiger partial charge in [0.15, 0.2) is 0 Å². The van der Waals surface area contributed by atoms with Crippen molar-refractivity contribution in [3.8, 4) is 11.8 Å². The van der Waals surface area contributed by atoms with Gasteiger partial charge in [0, 0.05) is 23.2 Å². The van der Waals surface area contributed by atoms with Crippen molar-refractivity contribution in [2.24, 2.45) is 0 Å². The average molecular weight is 283 g/mol. The molecular weight excluding hydrogens is 269 g/mol. The molecule has 2 aromatic rings. The molecule has 2 N–H and O–H groups in total. The molecule has 3 nitrogen and oxygen atoms in total. The van der Waals surface area contributed by atoms with Crippen LogP contribution in [0.4, 0.5) is 10.1 Å². The monoisotopic (exact) mass is 283 g/mol. The lowest BCUT2D eigenvalue weighted by atomic mass is 10.2. The van der Waals surface area contributed by atoms with E-state index in [0.29, 0.717) is 12.1 Å². The molecule has 0 saturated heterocycles. The Morgan fingerprint density at radius 3 is 2.62 bits per heavy atom. The lowest BCUT2D eigenvalue weighted by molar-refractivity contribution is 0.102. The van der Waals surface area contributed by atoms with E-state index in [1.165, 1.54) is 18.2 Å². The highest BCUT2D eigenvalue weighted by Crippen LogP contribution is 2.11. The average Bonchev–Trinajstić information content (AvgIpc) is 2.49. The summed E-state index contributed by atoms with van der Waals surface area (Å²) in [6.07, 6.45) is 0.429. The lowest BCUT2D eigenvalue weighted by Gasteiger charge is -2.05. The van der Waals surface area contributed by atoms with Gasteiger partial charge >= 0.3 is 0 Å². The van der Waals surface area contributed by atoms with Crippen molar-refractivity contribution >= 4 is 11.6 Å². The van der Waals surface area contributed by atoms with Gasteiger partial charge in [0.05, 0.1) is 6.61 Å². The second-order valence-electron chi connectivity index (χ2n) is 4.32. The number of hydrogen-bond donors (Lipinski definition) is 2. The zero-order valence-electron chi connectivity index (χ0n) is 11.3. The quantitative estimate of drug-likeness (QED) is 0.851. The Balaban J connectivity index is 2.04. The van der Waals surface area contributed by atoms with Gasteiger partial charge in [0.25, 0.3) is 5.91 Å². The van der Waals surface area contributed by atoms with Gasteiger partial charge < -0.3 is 10.4 Å². The van der Waals surface area contributed by atoms with Gasteiger partial charge in [-0.3, -0.25) is 4.79 Å². The van der Waals surface area contributed by atoms with Gasteiger partial charge in [-0.1, -0.05) is 17.9 Å². The first-order chi connectivity index (χ1) is 10.2. The molecule has 2 aromatic carbocycles. The Kier molecular flexibility index (Phi) is 5.08. The van der Waals surface area contributed by atoms with Gasteiger partial charge in [-0.15, -0.1) is 0 Å². The predicted molar refractivity (Wildman–Crippen MR) is 79.4 cm³/mol. The Morgan fingerprint density at radius 2 is 1.95 bits per heavy atom.